The third-order valence-electron chi connectivity index (χ3n) is 4.24. The van der Waals surface area contributed by atoms with E-state index in [-0.39, 0.29) is 19.3 Å². The fourth-order valence-electron chi connectivity index (χ4n) is 2.47. The fourth-order valence-corrected chi connectivity index (χ4v) is 2.47. The Bertz CT molecular complexity index is 406. The van der Waals surface area contributed by atoms with Crippen molar-refractivity contribution in [2.24, 2.45) is 17.8 Å². The van der Waals surface area contributed by atoms with Gasteiger partial charge in [0.05, 0.1) is 5.44 Å². The van der Waals surface area contributed by atoms with Crippen molar-refractivity contribution in [1.29, 1.82) is 0 Å². The Morgan fingerprint density at radius 1 is 0.583 bits per heavy atom. The molecule has 0 saturated heterocycles. The molecule has 36 heavy (non-hydrogen) atoms. The van der Waals surface area contributed by atoms with Crippen LogP contribution in [0.15, 0.2) is 0 Å². The summed E-state index contributed by atoms with van der Waals surface area (Å²) in [4.78, 5) is 31.9. The molecule has 1 unspecified atom stereocenters. The number of hydrogen-bond donors (Lipinski definition) is 2. The Morgan fingerprint density at radius 2 is 0.750 bits per heavy atom. The monoisotopic (exact) mass is 642 g/mol. The van der Waals surface area contributed by atoms with Gasteiger partial charge in [-0.2, -0.15) is 0 Å². The molecule has 0 amide bonds. The van der Waals surface area contributed by atoms with Crippen LogP contribution in [0.3, 0.4) is 0 Å². The Hall–Kier alpha value is -0.481. The topological polar surface area (TPSA) is 141 Å². The zero-order valence-corrected chi connectivity index (χ0v) is 27.9. The number of carbonyl (C=O) groups is 3. The Labute approximate surface area is 240 Å². The summed E-state index contributed by atoms with van der Waals surface area (Å²) in [5, 5.41) is 37.7. The number of rotatable bonds is 15. The molecule has 9 heteroatoms. The summed E-state index contributed by atoms with van der Waals surface area (Å²) >= 11 is 5.07. The average molecular weight is 642 g/mol. The van der Waals surface area contributed by atoms with E-state index < -0.39 is 23.3 Å². The number of carboxylic acid groups (broad SMARTS) is 3. The van der Waals surface area contributed by atoms with Crippen molar-refractivity contribution >= 4 is 53.1 Å². The van der Waals surface area contributed by atoms with Crippen molar-refractivity contribution in [2.45, 2.75) is 136 Å². The molecule has 1 N–H and O–H groups in total. The second-order valence-electron chi connectivity index (χ2n) is 9.67. The van der Waals surface area contributed by atoms with Crippen molar-refractivity contribution in [3.63, 3.8) is 0 Å². The van der Waals surface area contributed by atoms with Crippen molar-refractivity contribution in [2.75, 3.05) is 0 Å². The summed E-state index contributed by atoms with van der Waals surface area (Å²) in [6.07, 6.45) is 9.31. The number of aliphatic hydroxyl groups excluding tert-OH is 1. The van der Waals surface area contributed by atoms with E-state index in [2.05, 4.69) is 59.1 Å². The van der Waals surface area contributed by atoms with Crippen LogP contribution in [0.4, 0.5) is 0 Å². The van der Waals surface area contributed by atoms with Gasteiger partial charge in [-0.05, 0) is 63.2 Å². The molecule has 214 valence electrons. The second kappa shape index (κ2) is 36.7. The van der Waals surface area contributed by atoms with Gasteiger partial charge in [-0.25, -0.2) is 0 Å². The standard InChI is InChI=1S/3C8H16O2.C2H6OS.CH3.Sn/c3*1-7(2)5-3-4-6-8(9)10;1-2(3)4;;/h3*7H,3-6H2,1-2H3,(H,9,10);2-4H,1H3;1H3;/q;;;;;+3/p-3. The number of carboxylic acids is 3. The first-order chi connectivity index (χ1) is 16.6. The van der Waals surface area contributed by atoms with Crippen LogP contribution in [0.5, 0.6) is 0 Å². The molecular formula is C27H54O7SSn. The molecule has 0 aliphatic rings. The molecule has 0 aromatic carbocycles. The van der Waals surface area contributed by atoms with E-state index in [0.29, 0.717) is 17.8 Å². The predicted octanol–water partition coefficient (Wildman–Crippen LogP) is 3.32. The van der Waals surface area contributed by atoms with Crippen molar-refractivity contribution in [3.05, 3.63) is 0 Å². The molecule has 0 bridgehead atoms. The van der Waals surface area contributed by atoms with Gasteiger partial charge in [-0.15, -0.1) is 12.6 Å². The Morgan fingerprint density at radius 3 is 0.861 bits per heavy atom. The zero-order valence-electron chi connectivity index (χ0n) is 24.1. The van der Waals surface area contributed by atoms with Crippen LogP contribution < -0.4 is 15.3 Å². The number of unbranched alkanes of at least 4 members (excludes halogenated alkanes) is 3. The van der Waals surface area contributed by atoms with Crippen molar-refractivity contribution in [1.82, 2.24) is 0 Å². The number of aliphatic carboxylic acids is 3. The van der Waals surface area contributed by atoms with Gasteiger partial charge in [0.1, 0.15) is 0 Å². The van der Waals surface area contributed by atoms with Crippen LogP contribution in [-0.4, -0.2) is 51.0 Å². The number of hydrogen-bond acceptors (Lipinski definition) is 8. The van der Waals surface area contributed by atoms with Gasteiger partial charge in [0.15, 0.2) is 0 Å². The third-order valence-corrected chi connectivity index (χ3v) is 4.24. The summed E-state index contributed by atoms with van der Waals surface area (Å²) in [5.41, 5.74) is -0.472. The van der Waals surface area contributed by atoms with Crippen LogP contribution in [-0.2, 0) is 14.4 Å². The molecule has 0 aromatic rings. The van der Waals surface area contributed by atoms with Crippen molar-refractivity contribution in [3.8, 4) is 0 Å². The van der Waals surface area contributed by atoms with E-state index in [1.54, 1.807) is 29.4 Å². The molecule has 1 atom stereocenters. The second-order valence-corrected chi connectivity index (χ2v) is 10.4. The molecule has 0 saturated carbocycles. The summed E-state index contributed by atoms with van der Waals surface area (Å²) in [6.45, 7) is 14.4. The molecule has 0 rings (SSSR count). The summed E-state index contributed by atoms with van der Waals surface area (Å²) in [5.74, 6) is -0.735. The van der Waals surface area contributed by atoms with E-state index >= 15 is 0 Å². The van der Waals surface area contributed by atoms with E-state index in [1.165, 1.54) is 0 Å². The average Bonchev–Trinajstić information content (AvgIpc) is 2.73. The number of aliphatic hydroxyl groups is 1. The zero-order chi connectivity index (χ0) is 29.5. The molecule has 0 aliphatic carbocycles. The molecular weight excluding hydrogens is 587 g/mol. The van der Waals surface area contributed by atoms with E-state index in [9.17, 15) is 29.7 Å². The molecule has 7 nitrogen and oxygen atoms in total. The van der Waals surface area contributed by atoms with Crippen LogP contribution in [0, 0.1) is 17.8 Å². The van der Waals surface area contributed by atoms with Gasteiger partial charge >= 0.3 is 27.5 Å². The molecule has 0 heterocycles. The first-order valence-electron chi connectivity index (χ1n) is 13.1. The third kappa shape index (κ3) is 84.2. The quantitative estimate of drug-likeness (QED) is 0.121. The molecule has 0 aliphatic heterocycles. The summed E-state index contributed by atoms with van der Waals surface area (Å²) in [6, 6.07) is 0. The maximum absolute atomic E-state index is 9.93. The van der Waals surface area contributed by atoms with Crippen LogP contribution >= 0.6 is 12.6 Å². The molecule has 0 spiro atoms. The van der Waals surface area contributed by atoms with Gasteiger partial charge in [-0.3, -0.25) is 0 Å². The normalized spacial score (nSPS) is 10.5. The van der Waals surface area contributed by atoms with Gasteiger partial charge in [0.2, 0.25) is 0 Å². The van der Waals surface area contributed by atoms with Gasteiger partial charge in [0, 0.05) is 17.9 Å². The molecule has 0 aromatic heterocycles. The van der Waals surface area contributed by atoms with Crippen molar-refractivity contribution < 1.29 is 34.8 Å². The minimum atomic E-state index is -0.927. The predicted molar refractivity (Wildman–Crippen MR) is 147 cm³/mol. The van der Waals surface area contributed by atoms with Crippen LogP contribution in [0.1, 0.15) is 126 Å². The Kier molecular flexibility index (Phi) is 46.3. The summed E-state index contributed by atoms with van der Waals surface area (Å²) in [7, 11) is 0. The maximum atomic E-state index is 9.93. The molecule has 0 fully saturated rings. The number of thiol groups is 1. The fraction of sp³-hybridized carbons (Fsp3) is 0.889. The minimum absolute atomic E-state index is 0.215. The van der Waals surface area contributed by atoms with E-state index in [0.717, 1.165) is 57.8 Å². The van der Waals surface area contributed by atoms with Crippen LogP contribution in [0.2, 0.25) is 4.94 Å². The first-order valence-corrected chi connectivity index (χ1v) is 16.4. The molecule has 0 radical (unpaired) electrons. The summed E-state index contributed by atoms with van der Waals surface area (Å²) < 4.78 is 0. The Balaban J connectivity index is -0.000000120. The number of carbonyl (C=O) groups excluding carboxylic acids is 3. The van der Waals surface area contributed by atoms with Gasteiger partial charge in [-0.1, -0.05) is 80.1 Å². The van der Waals surface area contributed by atoms with E-state index in [1.807, 2.05) is 0 Å². The van der Waals surface area contributed by atoms with Crippen LogP contribution in [0.25, 0.3) is 0 Å². The first kappa shape index (κ1) is 45.4. The van der Waals surface area contributed by atoms with E-state index in [4.69, 9.17) is 5.11 Å². The SMILES string of the molecule is CC(C)CCCCC(=O)[O-].CC(C)CCCCC(=O)[O-].CC(C)CCCCC(=O)[O-].CC(O)S.[CH3][Sn+3]. The van der Waals surface area contributed by atoms with Gasteiger partial charge in [0.25, 0.3) is 0 Å². The van der Waals surface area contributed by atoms with Gasteiger partial charge < -0.3 is 34.8 Å².